The van der Waals surface area contributed by atoms with Crippen LogP contribution in [0.4, 0.5) is 0 Å². The zero-order chi connectivity index (χ0) is 7.66. The lowest BCUT2D eigenvalue weighted by atomic mass is 10.2. The summed E-state index contributed by atoms with van der Waals surface area (Å²) in [7, 11) is 0. The van der Waals surface area contributed by atoms with Crippen molar-refractivity contribution >= 4 is 6.29 Å². The Kier molecular flexibility index (Phi) is 7.46. The predicted octanol–water partition coefficient (Wildman–Crippen LogP) is 2.49. The summed E-state index contributed by atoms with van der Waals surface area (Å²) in [5.74, 6) is 0. The highest BCUT2D eigenvalue weighted by Crippen LogP contribution is 1.99. The van der Waals surface area contributed by atoms with Crippen LogP contribution in [0.15, 0.2) is 24.8 Å². The molecule has 0 aromatic carbocycles. The largest absolute Gasteiger partial charge is 0.299 e. The van der Waals surface area contributed by atoms with E-state index in [4.69, 9.17) is 0 Å². The van der Waals surface area contributed by atoms with Gasteiger partial charge < -0.3 is 0 Å². The Labute approximate surface area is 62.4 Å². The molecule has 0 spiro atoms. The normalized spacial score (nSPS) is 10.0. The summed E-state index contributed by atoms with van der Waals surface area (Å²) in [5.41, 5.74) is 0. The van der Waals surface area contributed by atoms with Gasteiger partial charge in [0, 0.05) is 0 Å². The fourth-order valence-corrected chi connectivity index (χ4v) is 0.703. The van der Waals surface area contributed by atoms with Gasteiger partial charge in [-0.25, -0.2) is 0 Å². The Balaban J connectivity index is 2.96. The molecule has 0 bridgehead atoms. The lowest BCUT2D eigenvalue weighted by molar-refractivity contribution is -0.104. The van der Waals surface area contributed by atoms with Crippen LogP contribution in [-0.4, -0.2) is 6.29 Å². The molecule has 0 fully saturated rings. The average Bonchev–Trinajstić information content (AvgIpc) is 1.97. The van der Waals surface area contributed by atoms with Gasteiger partial charge in [0.2, 0.25) is 0 Å². The maximum absolute atomic E-state index is 9.79. The summed E-state index contributed by atoms with van der Waals surface area (Å²) in [6.45, 7) is 3.62. The number of aldehydes is 1. The molecule has 0 aromatic rings. The molecule has 56 valence electrons. The maximum atomic E-state index is 9.79. The number of carbonyl (C=O) groups excluding carboxylic acids is 1. The molecule has 1 heteroatoms. The molecule has 0 unspecified atom stereocenters. The first kappa shape index (κ1) is 9.15. The maximum Gasteiger partial charge on any atom is 0.142 e. The van der Waals surface area contributed by atoms with E-state index in [9.17, 15) is 4.79 Å². The number of hydrogen-bond acceptors (Lipinski definition) is 1. The van der Waals surface area contributed by atoms with E-state index in [2.05, 4.69) is 6.58 Å². The molecular formula is C9H14O. The van der Waals surface area contributed by atoms with Crippen LogP contribution in [0.2, 0.25) is 0 Å². The van der Waals surface area contributed by atoms with Gasteiger partial charge >= 0.3 is 0 Å². The van der Waals surface area contributed by atoms with Crippen LogP contribution in [0, 0.1) is 0 Å². The first-order valence-corrected chi connectivity index (χ1v) is 3.63. The van der Waals surface area contributed by atoms with Gasteiger partial charge in [-0.05, 0) is 31.8 Å². The third kappa shape index (κ3) is 7.15. The van der Waals surface area contributed by atoms with Gasteiger partial charge in [-0.1, -0.05) is 12.2 Å². The van der Waals surface area contributed by atoms with Gasteiger partial charge in [0.25, 0.3) is 0 Å². The van der Waals surface area contributed by atoms with Crippen LogP contribution < -0.4 is 0 Å². The van der Waals surface area contributed by atoms with Gasteiger partial charge in [-0.3, -0.25) is 4.79 Å². The van der Waals surface area contributed by atoms with Crippen LogP contribution in [0.5, 0.6) is 0 Å². The van der Waals surface area contributed by atoms with Crippen molar-refractivity contribution in [3.8, 4) is 0 Å². The third-order valence-electron chi connectivity index (χ3n) is 1.24. The Morgan fingerprint density at radius 3 is 2.50 bits per heavy atom. The molecular weight excluding hydrogens is 124 g/mol. The summed E-state index contributed by atoms with van der Waals surface area (Å²) >= 11 is 0. The predicted molar refractivity (Wildman–Crippen MR) is 43.9 cm³/mol. The number of unbranched alkanes of at least 4 members (excludes halogenated alkanes) is 3. The summed E-state index contributed by atoms with van der Waals surface area (Å²) in [6.07, 6.45) is 10.6. The van der Waals surface area contributed by atoms with Crippen LogP contribution in [0.1, 0.15) is 25.7 Å². The number of allylic oxidation sites excluding steroid dienone is 3. The second-order valence-electron chi connectivity index (χ2n) is 2.14. The SMILES string of the molecule is C=CCCCCC=CC=O. The minimum atomic E-state index is 0.813. The minimum absolute atomic E-state index is 0.813. The Bertz CT molecular complexity index is 114. The standard InChI is InChI=1S/C9H14O/c1-2-3-4-5-6-7-8-9-10/h2,7-9H,1,3-6H2. The summed E-state index contributed by atoms with van der Waals surface area (Å²) in [6, 6.07) is 0. The van der Waals surface area contributed by atoms with E-state index in [1.165, 1.54) is 6.42 Å². The van der Waals surface area contributed by atoms with Crippen LogP contribution in [0.3, 0.4) is 0 Å². The topological polar surface area (TPSA) is 17.1 Å². The van der Waals surface area contributed by atoms with Gasteiger partial charge in [0.15, 0.2) is 0 Å². The molecule has 0 saturated heterocycles. The van der Waals surface area contributed by atoms with Crippen molar-refractivity contribution in [2.75, 3.05) is 0 Å². The zero-order valence-electron chi connectivity index (χ0n) is 6.25. The van der Waals surface area contributed by atoms with E-state index in [-0.39, 0.29) is 0 Å². The molecule has 0 atom stereocenters. The quantitative estimate of drug-likeness (QED) is 0.238. The first-order valence-electron chi connectivity index (χ1n) is 3.63. The van der Waals surface area contributed by atoms with E-state index in [0.717, 1.165) is 25.5 Å². The molecule has 0 heterocycles. The molecule has 0 rings (SSSR count). The molecule has 0 radical (unpaired) electrons. The smallest absolute Gasteiger partial charge is 0.142 e. The lowest BCUT2D eigenvalue weighted by Crippen LogP contribution is -1.71. The fraction of sp³-hybridized carbons (Fsp3) is 0.444. The Hall–Kier alpha value is -0.850. The molecule has 10 heavy (non-hydrogen) atoms. The van der Waals surface area contributed by atoms with Crippen molar-refractivity contribution in [2.45, 2.75) is 25.7 Å². The van der Waals surface area contributed by atoms with E-state index in [1.807, 2.05) is 12.2 Å². The van der Waals surface area contributed by atoms with Gasteiger partial charge in [0.1, 0.15) is 6.29 Å². The van der Waals surface area contributed by atoms with Crippen molar-refractivity contribution in [3.05, 3.63) is 24.8 Å². The van der Waals surface area contributed by atoms with Crippen LogP contribution in [-0.2, 0) is 4.79 Å². The first-order chi connectivity index (χ1) is 4.91. The molecule has 0 N–H and O–H groups in total. The van der Waals surface area contributed by atoms with Gasteiger partial charge in [-0.15, -0.1) is 6.58 Å². The zero-order valence-corrected chi connectivity index (χ0v) is 6.25. The second-order valence-corrected chi connectivity index (χ2v) is 2.14. The highest BCUT2D eigenvalue weighted by molar-refractivity contribution is 5.64. The highest BCUT2D eigenvalue weighted by Gasteiger charge is 1.80. The van der Waals surface area contributed by atoms with E-state index in [0.29, 0.717) is 0 Å². The third-order valence-corrected chi connectivity index (χ3v) is 1.24. The molecule has 0 aliphatic carbocycles. The molecule has 0 aliphatic rings. The van der Waals surface area contributed by atoms with Gasteiger partial charge in [-0.2, -0.15) is 0 Å². The van der Waals surface area contributed by atoms with Crippen molar-refractivity contribution in [1.29, 1.82) is 0 Å². The minimum Gasteiger partial charge on any atom is -0.299 e. The van der Waals surface area contributed by atoms with Crippen molar-refractivity contribution < 1.29 is 4.79 Å². The molecule has 1 nitrogen and oxygen atoms in total. The lowest BCUT2D eigenvalue weighted by Gasteiger charge is -1.89. The molecule has 0 saturated carbocycles. The summed E-state index contributed by atoms with van der Waals surface area (Å²) in [5, 5.41) is 0. The van der Waals surface area contributed by atoms with Crippen LogP contribution in [0.25, 0.3) is 0 Å². The monoisotopic (exact) mass is 138 g/mol. The highest BCUT2D eigenvalue weighted by atomic mass is 16.1. The Morgan fingerprint density at radius 2 is 1.90 bits per heavy atom. The average molecular weight is 138 g/mol. The second kappa shape index (κ2) is 8.15. The number of carbonyl (C=O) groups is 1. The Morgan fingerprint density at radius 1 is 1.20 bits per heavy atom. The number of rotatable bonds is 6. The van der Waals surface area contributed by atoms with Crippen LogP contribution >= 0.6 is 0 Å². The molecule has 0 aromatic heterocycles. The molecule has 0 amide bonds. The van der Waals surface area contributed by atoms with Gasteiger partial charge in [0.05, 0.1) is 0 Å². The summed E-state index contributed by atoms with van der Waals surface area (Å²) < 4.78 is 0. The van der Waals surface area contributed by atoms with E-state index < -0.39 is 0 Å². The van der Waals surface area contributed by atoms with E-state index in [1.54, 1.807) is 6.08 Å². The molecule has 0 aliphatic heterocycles. The fourth-order valence-electron chi connectivity index (χ4n) is 0.703. The van der Waals surface area contributed by atoms with E-state index >= 15 is 0 Å². The number of hydrogen-bond donors (Lipinski definition) is 0. The summed E-state index contributed by atoms with van der Waals surface area (Å²) in [4.78, 5) is 9.79. The van der Waals surface area contributed by atoms with Crippen molar-refractivity contribution in [1.82, 2.24) is 0 Å². The van der Waals surface area contributed by atoms with Crippen molar-refractivity contribution in [2.24, 2.45) is 0 Å². The van der Waals surface area contributed by atoms with Crippen molar-refractivity contribution in [3.63, 3.8) is 0 Å².